The summed E-state index contributed by atoms with van der Waals surface area (Å²) in [5, 5.41) is 2.84. The van der Waals surface area contributed by atoms with E-state index in [-0.39, 0.29) is 31.0 Å². The lowest BCUT2D eigenvalue weighted by atomic mass is 9.93. The van der Waals surface area contributed by atoms with E-state index in [1.165, 1.54) is 22.3 Å². The van der Waals surface area contributed by atoms with Crippen molar-refractivity contribution in [2.45, 2.75) is 36.8 Å². The van der Waals surface area contributed by atoms with Crippen molar-refractivity contribution in [3.05, 3.63) is 59.7 Å². The summed E-state index contributed by atoms with van der Waals surface area (Å²) in [6.07, 6.45) is 1.55. The molecule has 1 N–H and O–H groups in total. The van der Waals surface area contributed by atoms with Crippen molar-refractivity contribution < 1.29 is 19.1 Å². The van der Waals surface area contributed by atoms with Crippen LogP contribution in [-0.2, 0) is 14.3 Å². The van der Waals surface area contributed by atoms with Gasteiger partial charge < -0.3 is 14.8 Å². The van der Waals surface area contributed by atoms with Crippen LogP contribution >= 0.6 is 0 Å². The Morgan fingerprint density at radius 1 is 1.11 bits per heavy atom. The molecule has 2 fully saturated rings. The molecule has 2 unspecified atom stereocenters. The Kier molecular flexibility index (Phi) is 3.79. The van der Waals surface area contributed by atoms with Crippen molar-refractivity contribution in [2.75, 3.05) is 13.2 Å². The second-order valence-electron chi connectivity index (χ2n) is 7.54. The maximum atomic E-state index is 12.5. The number of benzene rings is 2. The number of hydrogen-bond acceptors (Lipinski definition) is 4. The van der Waals surface area contributed by atoms with Crippen LogP contribution < -0.4 is 5.32 Å². The van der Waals surface area contributed by atoms with E-state index in [1.807, 2.05) is 24.3 Å². The highest BCUT2D eigenvalue weighted by Crippen LogP contribution is 2.44. The highest BCUT2D eigenvalue weighted by Gasteiger charge is 2.55. The number of rotatable bonds is 3. The van der Waals surface area contributed by atoms with Gasteiger partial charge in [-0.2, -0.15) is 0 Å². The molecule has 1 saturated heterocycles. The molecule has 0 bridgehead atoms. The summed E-state index contributed by atoms with van der Waals surface area (Å²) in [4.78, 5) is 24.8. The van der Waals surface area contributed by atoms with E-state index in [9.17, 15) is 9.59 Å². The summed E-state index contributed by atoms with van der Waals surface area (Å²) in [5.41, 5.74) is 3.84. The lowest BCUT2D eigenvalue weighted by Crippen LogP contribution is -2.56. The molecular formula is C22H21NO4. The molecule has 2 atom stereocenters. The van der Waals surface area contributed by atoms with Gasteiger partial charge in [0.25, 0.3) is 0 Å². The van der Waals surface area contributed by atoms with Crippen LogP contribution in [0.15, 0.2) is 48.5 Å². The van der Waals surface area contributed by atoms with Crippen molar-refractivity contribution in [3.8, 4) is 11.1 Å². The van der Waals surface area contributed by atoms with Gasteiger partial charge in [-0.25, -0.2) is 4.79 Å². The molecule has 2 aromatic carbocycles. The first-order chi connectivity index (χ1) is 13.2. The van der Waals surface area contributed by atoms with Crippen LogP contribution in [0.1, 0.15) is 36.3 Å². The lowest BCUT2D eigenvalue weighted by Gasteiger charge is -2.27. The number of alkyl carbamates (subject to hydrolysis) is 1. The first kappa shape index (κ1) is 16.5. The molecule has 1 amide bonds. The summed E-state index contributed by atoms with van der Waals surface area (Å²) < 4.78 is 11.1. The number of Topliss-reactive ketones (excluding diaryl/α,β-unsaturated/α-hetero) is 1. The predicted molar refractivity (Wildman–Crippen MR) is 99.5 cm³/mol. The van der Waals surface area contributed by atoms with Gasteiger partial charge in [0.1, 0.15) is 18.8 Å². The van der Waals surface area contributed by atoms with Crippen molar-refractivity contribution >= 4 is 11.9 Å². The summed E-state index contributed by atoms with van der Waals surface area (Å²) >= 11 is 0. The maximum absolute atomic E-state index is 12.5. The topological polar surface area (TPSA) is 64.6 Å². The zero-order valence-corrected chi connectivity index (χ0v) is 14.9. The van der Waals surface area contributed by atoms with Gasteiger partial charge >= 0.3 is 6.09 Å². The van der Waals surface area contributed by atoms with E-state index >= 15 is 0 Å². The zero-order valence-electron chi connectivity index (χ0n) is 14.9. The molecule has 2 aromatic rings. The van der Waals surface area contributed by atoms with E-state index in [0.29, 0.717) is 6.42 Å². The smallest absolute Gasteiger partial charge is 0.408 e. The van der Waals surface area contributed by atoms with E-state index in [0.717, 1.165) is 12.8 Å². The maximum Gasteiger partial charge on any atom is 0.408 e. The summed E-state index contributed by atoms with van der Waals surface area (Å²) in [7, 11) is 0. The van der Waals surface area contributed by atoms with Crippen LogP contribution in [0.25, 0.3) is 11.1 Å². The Labute approximate surface area is 157 Å². The molecule has 27 heavy (non-hydrogen) atoms. The van der Waals surface area contributed by atoms with Crippen molar-refractivity contribution in [2.24, 2.45) is 0 Å². The zero-order chi connectivity index (χ0) is 18.4. The second-order valence-corrected chi connectivity index (χ2v) is 7.54. The quantitative estimate of drug-likeness (QED) is 0.908. The molecule has 0 aromatic heterocycles. The SMILES string of the molecule is O=C(NC12CCCC1OCC2=O)OCC1c2ccccc2-c2ccccc21. The molecule has 1 aliphatic heterocycles. The fourth-order valence-corrected chi connectivity index (χ4v) is 4.85. The van der Waals surface area contributed by atoms with E-state index in [1.54, 1.807) is 0 Å². The number of ether oxygens (including phenoxy) is 2. The highest BCUT2D eigenvalue weighted by molar-refractivity contribution is 5.95. The summed E-state index contributed by atoms with van der Waals surface area (Å²) in [6, 6.07) is 16.4. The molecule has 5 nitrogen and oxygen atoms in total. The van der Waals surface area contributed by atoms with Crippen LogP contribution in [0.5, 0.6) is 0 Å². The molecule has 138 valence electrons. The highest BCUT2D eigenvalue weighted by atomic mass is 16.6. The lowest BCUT2D eigenvalue weighted by molar-refractivity contribution is -0.122. The fraction of sp³-hybridized carbons (Fsp3) is 0.364. The first-order valence-corrected chi connectivity index (χ1v) is 9.47. The number of amides is 1. The molecule has 5 rings (SSSR count). The molecule has 3 aliphatic rings. The van der Waals surface area contributed by atoms with Crippen LogP contribution in [0.3, 0.4) is 0 Å². The molecule has 0 spiro atoms. The van der Waals surface area contributed by atoms with Crippen molar-refractivity contribution in [1.82, 2.24) is 5.32 Å². The van der Waals surface area contributed by atoms with Gasteiger partial charge in [0, 0.05) is 5.92 Å². The number of carbonyl (C=O) groups excluding carboxylic acids is 2. The third kappa shape index (κ3) is 2.49. The number of fused-ring (bicyclic) bond motifs is 4. The fourth-order valence-electron chi connectivity index (χ4n) is 4.85. The number of carbonyl (C=O) groups is 2. The van der Waals surface area contributed by atoms with E-state index in [4.69, 9.17) is 9.47 Å². The number of nitrogens with one attached hydrogen (secondary N) is 1. The van der Waals surface area contributed by atoms with Gasteiger partial charge in [-0.15, -0.1) is 0 Å². The molecule has 1 saturated carbocycles. The predicted octanol–water partition coefficient (Wildman–Crippen LogP) is 3.42. The average molecular weight is 363 g/mol. The summed E-state index contributed by atoms with van der Waals surface area (Å²) in [6.45, 7) is 0.323. The monoisotopic (exact) mass is 363 g/mol. The van der Waals surface area contributed by atoms with Gasteiger partial charge in [-0.3, -0.25) is 4.79 Å². The molecule has 5 heteroatoms. The van der Waals surface area contributed by atoms with Crippen LogP contribution in [0.4, 0.5) is 4.79 Å². The molecule has 2 aliphatic carbocycles. The third-order valence-corrected chi connectivity index (χ3v) is 6.17. The minimum absolute atomic E-state index is 0.00977. The number of ketones is 1. The standard InChI is InChI=1S/C22H21NO4/c24-19-13-26-20-10-5-11-22(19,20)23-21(25)27-12-18-16-8-3-1-6-14(16)15-7-2-4-9-17(15)18/h1-4,6-9,18,20H,5,10-13H2,(H,23,25). The van der Waals surface area contributed by atoms with E-state index in [2.05, 4.69) is 29.6 Å². The second kappa shape index (κ2) is 6.20. The Balaban J connectivity index is 1.33. The Hall–Kier alpha value is -2.66. The number of hydrogen-bond donors (Lipinski definition) is 1. The van der Waals surface area contributed by atoms with Gasteiger partial charge in [-0.1, -0.05) is 48.5 Å². The normalized spacial score (nSPS) is 25.8. The van der Waals surface area contributed by atoms with Crippen LogP contribution in [0.2, 0.25) is 0 Å². The summed E-state index contributed by atoms with van der Waals surface area (Å²) in [5.74, 6) is -0.0333. The first-order valence-electron chi connectivity index (χ1n) is 9.47. The van der Waals surface area contributed by atoms with E-state index < -0.39 is 11.6 Å². The van der Waals surface area contributed by atoms with Crippen LogP contribution in [-0.4, -0.2) is 36.7 Å². The molecular weight excluding hydrogens is 342 g/mol. The molecule has 0 radical (unpaired) electrons. The molecule has 1 heterocycles. The van der Waals surface area contributed by atoms with Gasteiger partial charge in [-0.05, 0) is 41.5 Å². The Bertz CT molecular complexity index is 879. The third-order valence-electron chi connectivity index (χ3n) is 6.17. The van der Waals surface area contributed by atoms with Gasteiger partial charge in [0.2, 0.25) is 0 Å². The Morgan fingerprint density at radius 2 is 1.78 bits per heavy atom. The van der Waals surface area contributed by atoms with Crippen molar-refractivity contribution in [3.63, 3.8) is 0 Å². The largest absolute Gasteiger partial charge is 0.449 e. The van der Waals surface area contributed by atoms with Gasteiger partial charge in [0.15, 0.2) is 5.78 Å². The van der Waals surface area contributed by atoms with Crippen LogP contribution in [0, 0.1) is 0 Å². The minimum atomic E-state index is -0.886. The minimum Gasteiger partial charge on any atom is -0.449 e. The average Bonchev–Trinajstić information content (AvgIpc) is 3.32. The Morgan fingerprint density at radius 3 is 2.48 bits per heavy atom. The van der Waals surface area contributed by atoms with Gasteiger partial charge in [0.05, 0.1) is 6.10 Å². The van der Waals surface area contributed by atoms with Crippen molar-refractivity contribution in [1.29, 1.82) is 0 Å².